The van der Waals surface area contributed by atoms with E-state index in [-0.39, 0.29) is 17.6 Å². The molecule has 0 spiro atoms. The van der Waals surface area contributed by atoms with E-state index in [1.54, 1.807) is 42.5 Å². The third-order valence-corrected chi connectivity index (χ3v) is 7.47. The number of piperidine rings is 1. The van der Waals surface area contributed by atoms with Gasteiger partial charge >= 0.3 is 0 Å². The van der Waals surface area contributed by atoms with E-state index in [0.717, 1.165) is 0 Å². The number of sulfonamides is 1. The molecule has 0 aliphatic carbocycles. The van der Waals surface area contributed by atoms with Gasteiger partial charge in [0.25, 0.3) is 0 Å². The first-order valence-corrected chi connectivity index (χ1v) is 11.5. The quantitative estimate of drug-likeness (QED) is 0.693. The Labute approximate surface area is 179 Å². The summed E-state index contributed by atoms with van der Waals surface area (Å²) in [5.41, 5.74) is 1.21. The number of hydrogen-bond donors (Lipinski definition) is 1. The van der Waals surface area contributed by atoms with Crippen LogP contribution in [0.15, 0.2) is 42.5 Å². The lowest BCUT2D eigenvalue weighted by Gasteiger charge is -2.30. The maximum atomic E-state index is 12.7. The fraction of sp³-hybridized carbons (Fsp3) is 0.316. The van der Waals surface area contributed by atoms with Crippen molar-refractivity contribution in [3.05, 3.63) is 63.1 Å². The van der Waals surface area contributed by atoms with Crippen LogP contribution >= 0.6 is 34.8 Å². The zero-order valence-corrected chi connectivity index (χ0v) is 18.0. The summed E-state index contributed by atoms with van der Waals surface area (Å²) in [7, 11) is -3.46. The second-order valence-corrected chi connectivity index (χ2v) is 9.90. The highest BCUT2D eigenvalue weighted by molar-refractivity contribution is 7.88. The topological polar surface area (TPSA) is 66.5 Å². The molecule has 1 aliphatic heterocycles. The van der Waals surface area contributed by atoms with Crippen LogP contribution in [-0.4, -0.2) is 31.7 Å². The molecule has 1 N–H and O–H groups in total. The molecule has 0 unspecified atom stereocenters. The lowest BCUT2D eigenvalue weighted by atomic mass is 9.97. The highest BCUT2D eigenvalue weighted by atomic mass is 35.5. The number of nitrogens with zero attached hydrogens (tertiary/aromatic N) is 1. The third-order valence-electron chi connectivity index (χ3n) is 4.64. The van der Waals surface area contributed by atoms with E-state index in [2.05, 4.69) is 5.32 Å². The summed E-state index contributed by atoms with van der Waals surface area (Å²) in [5, 5.41) is 4.10. The molecule has 2 aromatic rings. The number of hydrogen-bond acceptors (Lipinski definition) is 3. The van der Waals surface area contributed by atoms with Crippen molar-refractivity contribution < 1.29 is 13.2 Å². The van der Waals surface area contributed by atoms with Gasteiger partial charge in [-0.25, -0.2) is 12.7 Å². The first kappa shape index (κ1) is 21.4. The Morgan fingerprint density at radius 2 is 1.75 bits per heavy atom. The SMILES string of the molecule is O=C(Nc1ccc(Cl)c(Cl)c1)C1CCN(S(=O)(=O)Cc2cccc(Cl)c2)CC1. The summed E-state index contributed by atoms with van der Waals surface area (Å²) in [6.07, 6.45) is 0.920. The van der Waals surface area contributed by atoms with Gasteiger partial charge < -0.3 is 5.32 Å². The van der Waals surface area contributed by atoms with Crippen molar-refractivity contribution in [2.45, 2.75) is 18.6 Å². The molecule has 2 aromatic carbocycles. The largest absolute Gasteiger partial charge is 0.326 e. The third kappa shape index (κ3) is 5.39. The summed E-state index contributed by atoms with van der Waals surface area (Å²) in [6.45, 7) is 0.616. The van der Waals surface area contributed by atoms with Crippen LogP contribution in [0.4, 0.5) is 5.69 Å². The van der Waals surface area contributed by atoms with Crippen molar-refractivity contribution in [1.29, 1.82) is 0 Å². The van der Waals surface area contributed by atoms with Crippen molar-refractivity contribution in [3.63, 3.8) is 0 Å². The second-order valence-electron chi connectivity index (χ2n) is 6.68. The first-order chi connectivity index (χ1) is 13.2. The van der Waals surface area contributed by atoms with Crippen LogP contribution in [0.25, 0.3) is 0 Å². The number of carbonyl (C=O) groups excluding carboxylic acids is 1. The number of nitrogens with one attached hydrogen (secondary N) is 1. The van der Waals surface area contributed by atoms with Crippen LogP contribution in [0.3, 0.4) is 0 Å². The van der Waals surface area contributed by atoms with Crippen LogP contribution in [0.1, 0.15) is 18.4 Å². The van der Waals surface area contributed by atoms with Crippen LogP contribution < -0.4 is 5.32 Å². The molecule has 5 nitrogen and oxygen atoms in total. The van der Waals surface area contributed by atoms with Gasteiger partial charge in [0.15, 0.2) is 0 Å². The number of carbonyl (C=O) groups is 1. The fourth-order valence-corrected chi connectivity index (χ4v) is 5.20. The predicted octanol–water partition coefficient (Wildman–Crippen LogP) is 4.83. The Balaban J connectivity index is 1.57. The van der Waals surface area contributed by atoms with E-state index in [9.17, 15) is 13.2 Å². The van der Waals surface area contributed by atoms with Crippen molar-refractivity contribution in [2.75, 3.05) is 18.4 Å². The van der Waals surface area contributed by atoms with E-state index in [1.165, 1.54) is 4.31 Å². The van der Waals surface area contributed by atoms with Crippen molar-refractivity contribution in [1.82, 2.24) is 4.31 Å². The normalized spacial score (nSPS) is 16.1. The van der Waals surface area contributed by atoms with Gasteiger partial charge in [0.2, 0.25) is 15.9 Å². The lowest BCUT2D eigenvalue weighted by Crippen LogP contribution is -2.41. The number of anilines is 1. The molecule has 1 saturated heterocycles. The smallest absolute Gasteiger partial charge is 0.227 e. The van der Waals surface area contributed by atoms with Crippen molar-refractivity contribution in [2.24, 2.45) is 5.92 Å². The molecule has 0 saturated carbocycles. The molecule has 150 valence electrons. The minimum Gasteiger partial charge on any atom is -0.326 e. The average molecular weight is 462 g/mol. The van der Waals surface area contributed by atoms with Gasteiger partial charge in [-0.1, -0.05) is 46.9 Å². The summed E-state index contributed by atoms with van der Waals surface area (Å²) in [6, 6.07) is 11.7. The van der Waals surface area contributed by atoms with Crippen LogP contribution in [0.2, 0.25) is 15.1 Å². The number of amides is 1. The van der Waals surface area contributed by atoms with Crippen LogP contribution in [0.5, 0.6) is 0 Å². The lowest BCUT2D eigenvalue weighted by molar-refractivity contribution is -0.120. The molecule has 0 radical (unpaired) electrons. The Hall–Kier alpha value is -1.31. The summed E-state index contributed by atoms with van der Waals surface area (Å²) >= 11 is 17.8. The van der Waals surface area contributed by atoms with Crippen LogP contribution in [-0.2, 0) is 20.6 Å². The van der Waals surface area contributed by atoms with Gasteiger partial charge in [0.1, 0.15) is 0 Å². The predicted molar refractivity (Wildman–Crippen MR) is 113 cm³/mol. The van der Waals surface area contributed by atoms with Gasteiger partial charge in [0, 0.05) is 29.7 Å². The van der Waals surface area contributed by atoms with E-state index in [0.29, 0.717) is 52.2 Å². The Bertz CT molecular complexity index is 974. The molecule has 1 aliphatic rings. The zero-order valence-electron chi connectivity index (χ0n) is 14.9. The average Bonchev–Trinajstić information content (AvgIpc) is 2.64. The van der Waals surface area contributed by atoms with Gasteiger partial charge in [-0.15, -0.1) is 0 Å². The Morgan fingerprint density at radius 1 is 1.04 bits per heavy atom. The molecule has 0 atom stereocenters. The van der Waals surface area contributed by atoms with E-state index in [4.69, 9.17) is 34.8 Å². The standard InChI is InChI=1S/C19H19Cl3N2O3S/c20-15-3-1-2-13(10-15)12-28(26,27)24-8-6-14(7-9-24)19(25)23-16-4-5-17(21)18(22)11-16/h1-5,10-11,14H,6-9,12H2,(H,23,25). The minimum atomic E-state index is -3.46. The molecule has 1 fully saturated rings. The number of halogens is 3. The van der Waals surface area contributed by atoms with E-state index in [1.807, 2.05) is 0 Å². The summed E-state index contributed by atoms with van der Waals surface area (Å²) in [5.74, 6) is -0.509. The Morgan fingerprint density at radius 3 is 2.39 bits per heavy atom. The highest BCUT2D eigenvalue weighted by Crippen LogP contribution is 2.27. The van der Waals surface area contributed by atoms with Gasteiger partial charge in [-0.3, -0.25) is 4.79 Å². The molecular weight excluding hydrogens is 443 g/mol. The molecule has 1 heterocycles. The van der Waals surface area contributed by atoms with E-state index < -0.39 is 10.0 Å². The number of rotatable bonds is 5. The monoisotopic (exact) mass is 460 g/mol. The first-order valence-electron chi connectivity index (χ1n) is 8.73. The minimum absolute atomic E-state index is 0.103. The number of benzene rings is 2. The Kier molecular flexibility index (Phi) is 6.89. The molecule has 9 heteroatoms. The molecule has 0 bridgehead atoms. The fourth-order valence-electron chi connectivity index (χ4n) is 3.14. The molecule has 1 amide bonds. The van der Waals surface area contributed by atoms with E-state index >= 15 is 0 Å². The summed E-state index contributed by atoms with van der Waals surface area (Å²) < 4.78 is 26.8. The molecule has 0 aromatic heterocycles. The zero-order chi connectivity index (χ0) is 20.3. The highest BCUT2D eigenvalue weighted by Gasteiger charge is 2.31. The molecule has 3 rings (SSSR count). The molecular formula is C19H19Cl3N2O3S. The summed E-state index contributed by atoms with van der Waals surface area (Å²) in [4.78, 5) is 12.5. The van der Waals surface area contributed by atoms with Gasteiger partial charge in [-0.05, 0) is 48.7 Å². The maximum absolute atomic E-state index is 12.7. The maximum Gasteiger partial charge on any atom is 0.227 e. The van der Waals surface area contributed by atoms with Crippen molar-refractivity contribution >= 4 is 56.4 Å². The van der Waals surface area contributed by atoms with Crippen LogP contribution in [0, 0.1) is 5.92 Å². The molecule has 28 heavy (non-hydrogen) atoms. The van der Waals surface area contributed by atoms with Gasteiger partial charge in [0.05, 0.1) is 15.8 Å². The van der Waals surface area contributed by atoms with Crippen molar-refractivity contribution in [3.8, 4) is 0 Å². The second kappa shape index (κ2) is 9.01. The van der Waals surface area contributed by atoms with Gasteiger partial charge in [-0.2, -0.15) is 0 Å².